The third-order valence-electron chi connectivity index (χ3n) is 6.58. The monoisotopic (exact) mass is 644 g/mol. The Hall–Kier alpha value is -5.19. The molecule has 2 heterocycles. The molecule has 0 fully saturated rings. The van der Waals surface area contributed by atoms with Gasteiger partial charge in [-0.05, 0) is 85.3 Å². The lowest BCUT2D eigenvalue weighted by Crippen LogP contribution is -2.20. The molecule has 0 aliphatic heterocycles. The van der Waals surface area contributed by atoms with Gasteiger partial charge in [0.1, 0.15) is 11.4 Å². The second-order valence-corrected chi connectivity index (χ2v) is 10.6. The van der Waals surface area contributed by atoms with Crippen LogP contribution in [0.3, 0.4) is 0 Å². The minimum atomic E-state index is -0.477. The van der Waals surface area contributed by atoms with E-state index in [2.05, 4.69) is 15.4 Å². The number of hydrogen-bond acceptors (Lipinski definition) is 7. The summed E-state index contributed by atoms with van der Waals surface area (Å²) in [6, 6.07) is 22.4. The number of anilines is 1. The van der Waals surface area contributed by atoms with Gasteiger partial charge in [0.15, 0.2) is 23.9 Å². The number of nitrogens with one attached hydrogen (secondary N) is 1. The van der Waals surface area contributed by atoms with Gasteiger partial charge in [-0.1, -0.05) is 35.3 Å². The van der Waals surface area contributed by atoms with Crippen LogP contribution in [0.15, 0.2) is 99.2 Å². The van der Waals surface area contributed by atoms with Crippen LogP contribution in [0, 0.1) is 5.82 Å². The van der Waals surface area contributed by atoms with Gasteiger partial charge in [0.2, 0.25) is 5.82 Å². The van der Waals surface area contributed by atoms with E-state index < -0.39 is 17.3 Å². The zero-order valence-corrected chi connectivity index (χ0v) is 25.1. The van der Waals surface area contributed by atoms with Gasteiger partial charge in [-0.15, -0.1) is 0 Å². The van der Waals surface area contributed by atoms with Gasteiger partial charge in [0, 0.05) is 16.1 Å². The Morgan fingerprint density at radius 1 is 1.04 bits per heavy atom. The summed E-state index contributed by atoms with van der Waals surface area (Å²) in [5.74, 6) is 0.0252. The molecule has 0 saturated heterocycles. The number of fused-ring (bicyclic) bond motifs is 2. The molecule has 0 spiro atoms. The van der Waals surface area contributed by atoms with Gasteiger partial charge in [-0.25, -0.2) is 9.37 Å². The molecule has 9 nitrogen and oxygen atoms in total. The normalized spacial score (nSPS) is 11.4. The summed E-state index contributed by atoms with van der Waals surface area (Å²) in [7, 11) is 0. The second-order valence-electron chi connectivity index (χ2n) is 9.71. The molecule has 0 atom stereocenters. The molecule has 0 aliphatic carbocycles. The van der Waals surface area contributed by atoms with E-state index in [1.54, 1.807) is 67.6 Å². The molecule has 0 saturated carbocycles. The van der Waals surface area contributed by atoms with Gasteiger partial charge in [0.05, 0.1) is 28.7 Å². The third-order valence-corrected chi connectivity index (χ3v) is 7.10. The highest BCUT2D eigenvalue weighted by atomic mass is 35.5. The van der Waals surface area contributed by atoms with Crippen LogP contribution in [-0.4, -0.2) is 35.0 Å². The highest BCUT2D eigenvalue weighted by molar-refractivity contribution is 6.32. The highest BCUT2D eigenvalue weighted by Gasteiger charge is 2.18. The van der Waals surface area contributed by atoms with Crippen LogP contribution in [0.2, 0.25) is 10.0 Å². The number of amides is 1. The van der Waals surface area contributed by atoms with Crippen molar-refractivity contribution in [2.24, 2.45) is 5.10 Å². The van der Waals surface area contributed by atoms with Crippen molar-refractivity contribution in [2.75, 3.05) is 18.5 Å². The number of para-hydroxylation sites is 1. The van der Waals surface area contributed by atoms with E-state index in [1.807, 2.05) is 0 Å². The van der Waals surface area contributed by atoms with E-state index in [-0.39, 0.29) is 35.6 Å². The lowest BCUT2D eigenvalue weighted by Gasteiger charge is -2.14. The van der Waals surface area contributed by atoms with Gasteiger partial charge >= 0.3 is 0 Å². The molecule has 0 aliphatic rings. The summed E-state index contributed by atoms with van der Waals surface area (Å²) in [4.78, 5) is 30.7. The Balaban J connectivity index is 1.33. The molecule has 1 amide bonds. The number of aromatic nitrogens is 2. The lowest BCUT2D eigenvalue weighted by molar-refractivity contribution is -0.118. The number of carbonyl (C=O) groups is 1. The number of rotatable bonds is 9. The van der Waals surface area contributed by atoms with Crippen LogP contribution in [0.1, 0.15) is 12.5 Å². The minimum Gasteiger partial charge on any atom is -0.490 e. The maximum absolute atomic E-state index is 13.6. The van der Waals surface area contributed by atoms with Crippen LogP contribution in [-0.2, 0) is 4.79 Å². The standard InChI is InChI=1S/C33H23Cl2FN4O5/c1-2-43-28-14-19(13-25(35)31(28)44-18-30(41)38-23-10-8-22(36)9-11-23)17-37-40-32(39-26-6-4-3-5-24(26)33(40)42)29-16-20-15-21(34)7-12-27(20)45-29/h3-17H,2,18H2,1H3,(H,38,41). The van der Waals surface area contributed by atoms with Gasteiger partial charge in [-0.2, -0.15) is 9.78 Å². The predicted molar refractivity (Wildman–Crippen MR) is 172 cm³/mol. The molecule has 6 rings (SSSR count). The van der Waals surface area contributed by atoms with E-state index in [1.165, 1.54) is 30.5 Å². The van der Waals surface area contributed by atoms with Crippen molar-refractivity contribution in [3.8, 4) is 23.1 Å². The Labute approximate surface area is 265 Å². The average Bonchev–Trinajstić information content (AvgIpc) is 3.44. The van der Waals surface area contributed by atoms with Gasteiger partial charge < -0.3 is 19.2 Å². The van der Waals surface area contributed by atoms with Crippen molar-refractivity contribution in [1.82, 2.24) is 9.66 Å². The highest BCUT2D eigenvalue weighted by Crippen LogP contribution is 2.36. The molecule has 2 aromatic heterocycles. The molecule has 12 heteroatoms. The van der Waals surface area contributed by atoms with Crippen molar-refractivity contribution in [3.05, 3.63) is 117 Å². The maximum atomic E-state index is 13.6. The van der Waals surface area contributed by atoms with E-state index in [0.29, 0.717) is 38.5 Å². The first-order chi connectivity index (χ1) is 21.8. The van der Waals surface area contributed by atoms with E-state index in [4.69, 9.17) is 37.1 Å². The number of ether oxygens (including phenoxy) is 2. The second kappa shape index (κ2) is 12.8. The molecule has 0 radical (unpaired) electrons. The zero-order chi connectivity index (χ0) is 31.5. The largest absolute Gasteiger partial charge is 0.490 e. The summed E-state index contributed by atoms with van der Waals surface area (Å²) in [6.45, 7) is 1.69. The van der Waals surface area contributed by atoms with E-state index in [9.17, 15) is 14.0 Å². The van der Waals surface area contributed by atoms with Crippen molar-refractivity contribution < 1.29 is 23.1 Å². The van der Waals surface area contributed by atoms with Crippen LogP contribution >= 0.6 is 23.2 Å². The molecular weight excluding hydrogens is 622 g/mol. The summed E-state index contributed by atoms with van der Waals surface area (Å²) < 4.78 is 31.8. The number of carbonyl (C=O) groups excluding carboxylic acids is 1. The van der Waals surface area contributed by atoms with E-state index in [0.717, 1.165) is 10.1 Å². The Morgan fingerprint density at radius 2 is 1.84 bits per heavy atom. The fourth-order valence-corrected chi connectivity index (χ4v) is 5.03. The van der Waals surface area contributed by atoms with Crippen molar-refractivity contribution in [3.63, 3.8) is 0 Å². The molecule has 0 unspecified atom stereocenters. The minimum absolute atomic E-state index is 0.148. The number of furan rings is 1. The molecule has 6 aromatic rings. The molecule has 0 bridgehead atoms. The van der Waals surface area contributed by atoms with Gasteiger partial charge in [0.25, 0.3) is 11.5 Å². The Kier molecular flexibility index (Phi) is 8.50. The molecular formula is C33H23Cl2FN4O5. The fourth-order valence-electron chi connectivity index (χ4n) is 4.57. The molecule has 4 aromatic carbocycles. The third kappa shape index (κ3) is 6.52. The van der Waals surface area contributed by atoms with Crippen molar-refractivity contribution >= 4 is 62.9 Å². The first kappa shape index (κ1) is 29.9. The number of hydrogen-bond donors (Lipinski definition) is 1. The topological polar surface area (TPSA) is 108 Å². The zero-order valence-electron chi connectivity index (χ0n) is 23.6. The predicted octanol–water partition coefficient (Wildman–Crippen LogP) is 7.55. The Morgan fingerprint density at radius 3 is 2.64 bits per heavy atom. The van der Waals surface area contributed by atoms with Crippen molar-refractivity contribution in [1.29, 1.82) is 0 Å². The summed E-state index contributed by atoms with van der Waals surface area (Å²) >= 11 is 12.7. The molecule has 1 N–H and O–H groups in total. The van der Waals surface area contributed by atoms with E-state index >= 15 is 0 Å². The van der Waals surface area contributed by atoms with Crippen LogP contribution < -0.4 is 20.3 Å². The quantitative estimate of drug-likeness (QED) is 0.163. The summed E-state index contributed by atoms with van der Waals surface area (Å²) in [5.41, 5.74) is 1.54. The maximum Gasteiger partial charge on any atom is 0.282 e. The molecule has 45 heavy (non-hydrogen) atoms. The fraction of sp³-hybridized carbons (Fsp3) is 0.0909. The molecule has 226 valence electrons. The summed E-state index contributed by atoms with van der Waals surface area (Å²) in [5, 5.41) is 8.89. The van der Waals surface area contributed by atoms with Crippen molar-refractivity contribution in [2.45, 2.75) is 6.92 Å². The Bertz CT molecular complexity index is 2140. The number of benzene rings is 4. The smallest absolute Gasteiger partial charge is 0.282 e. The van der Waals surface area contributed by atoms with Gasteiger partial charge in [-0.3, -0.25) is 9.59 Å². The number of nitrogens with zero attached hydrogens (tertiary/aromatic N) is 3. The first-order valence-corrected chi connectivity index (χ1v) is 14.4. The SMILES string of the molecule is CCOc1cc(C=Nn2c(-c3cc4cc(Cl)ccc4o3)nc3ccccc3c2=O)cc(Cl)c1OCC(=O)Nc1ccc(F)cc1. The van der Waals surface area contributed by atoms with Crippen LogP contribution in [0.5, 0.6) is 11.5 Å². The summed E-state index contributed by atoms with van der Waals surface area (Å²) in [6.07, 6.45) is 1.43. The van der Waals surface area contributed by atoms with Crippen LogP contribution in [0.4, 0.5) is 10.1 Å². The number of halogens is 3. The van der Waals surface area contributed by atoms with Crippen LogP contribution in [0.25, 0.3) is 33.5 Å². The average molecular weight is 645 g/mol. The first-order valence-electron chi connectivity index (χ1n) is 13.7. The lowest BCUT2D eigenvalue weighted by atomic mass is 10.2.